The van der Waals surface area contributed by atoms with Crippen molar-refractivity contribution in [2.45, 2.75) is 40.2 Å². The van der Waals surface area contributed by atoms with Gasteiger partial charge in [-0.3, -0.25) is 0 Å². The molecule has 0 fully saturated rings. The molecule has 0 aliphatic heterocycles. The van der Waals surface area contributed by atoms with Crippen molar-refractivity contribution in [3.8, 4) is 0 Å². The molecule has 1 atom stereocenters. The van der Waals surface area contributed by atoms with Gasteiger partial charge < -0.3 is 10.6 Å². The van der Waals surface area contributed by atoms with E-state index < -0.39 is 0 Å². The molecule has 0 aliphatic rings. The molecular weight excluding hydrogens is 232 g/mol. The second-order valence-corrected chi connectivity index (χ2v) is 6.46. The van der Waals surface area contributed by atoms with Crippen LogP contribution in [0, 0.1) is 11.8 Å². The van der Waals surface area contributed by atoms with Gasteiger partial charge in [0.15, 0.2) is 0 Å². The van der Waals surface area contributed by atoms with Gasteiger partial charge in [0.05, 0.1) is 0 Å². The molecule has 0 radical (unpaired) electrons. The van der Waals surface area contributed by atoms with Gasteiger partial charge in [0, 0.05) is 25.7 Å². The minimum atomic E-state index is 0.222. The summed E-state index contributed by atoms with van der Waals surface area (Å²) < 4.78 is 0. The van der Waals surface area contributed by atoms with Gasteiger partial charge in [0.25, 0.3) is 0 Å². The minimum Gasteiger partial charge on any atom is -0.326 e. The summed E-state index contributed by atoms with van der Waals surface area (Å²) in [5.74, 6) is 1.39. The zero-order valence-electron chi connectivity index (χ0n) is 13.0. The summed E-state index contributed by atoms with van der Waals surface area (Å²) in [7, 11) is 0. The van der Waals surface area contributed by atoms with Gasteiger partial charge in [0.1, 0.15) is 0 Å². The van der Waals surface area contributed by atoms with Gasteiger partial charge in [-0.25, -0.2) is 0 Å². The van der Waals surface area contributed by atoms with Gasteiger partial charge >= 0.3 is 0 Å². The fourth-order valence-electron chi connectivity index (χ4n) is 2.57. The van der Waals surface area contributed by atoms with E-state index in [-0.39, 0.29) is 6.04 Å². The van der Waals surface area contributed by atoms with Crippen molar-refractivity contribution < 1.29 is 0 Å². The largest absolute Gasteiger partial charge is 0.326 e. The van der Waals surface area contributed by atoms with Gasteiger partial charge in [-0.2, -0.15) is 0 Å². The molecule has 1 aromatic rings. The van der Waals surface area contributed by atoms with E-state index in [0.717, 1.165) is 26.1 Å². The smallest absolute Gasteiger partial charge is 0.0208 e. The van der Waals surface area contributed by atoms with E-state index in [4.69, 9.17) is 5.73 Å². The van der Waals surface area contributed by atoms with Gasteiger partial charge in [-0.1, -0.05) is 58.0 Å². The van der Waals surface area contributed by atoms with Crippen LogP contribution in [0.1, 0.15) is 33.3 Å². The van der Waals surface area contributed by atoms with Crippen molar-refractivity contribution in [1.29, 1.82) is 0 Å². The lowest BCUT2D eigenvalue weighted by Gasteiger charge is -2.28. The predicted octanol–water partition coefficient (Wildman–Crippen LogP) is 3.17. The SMILES string of the molecule is CC(C)CN(CC(C)C)CC(N)Cc1ccccc1. The highest BCUT2D eigenvalue weighted by Gasteiger charge is 2.13. The standard InChI is InChI=1S/C17H30N2/c1-14(2)11-19(12-15(3)4)13-17(18)10-16-8-6-5-7-9-16/h5-9,14-15,17H,10-13,18H2,1-4H3. The number of rotatable bonds is 8. The normalized spacial score (nSPS) is 13.5. The van der Waals surface area contributed by atoms with Gasteiger partial charge in [-0.15, -0.1) is 0 Å². The Labute approximate surface area is 119 Å². The van der Waals surface area contributed by atoms with Crippen LogP contribution < -0.4 is 5.73 Å². The van der Waals surface area contributed by atoms with Crippen LogP contribution in [0.3, 0.4) is 0 Å². The van der Waals surface area contributed by atoms with E-state index in [9.17, 15) is 0 Å². The van der Waals surface area contributed by atoms with E-state index >= 15 is 0 Å². The van der Waals surface area contributed by atoms with Crippen molar-refractivity contribution in [2.75, 3.05) is 19.6 Å². The molecule has 0 heterocycles. The van der Waals surface area contributed by atoms with E-state index in [1.807, 2.05) is 0 Å². The predicted molar refractivity (Wildman–Crippen MR) is 84.2 cm³/mol. The average Bonchev–Trinajstić information content (AvgIpc) is 2.27. The molecule has 2 N–H and O–H groups in total. The number of hydrogen-bond acceptors (Lipinski definition) is 2. The Hall–Kier alpha value is -0.860. The Morgan fingerprint density at radius 1 is 0.895 bits per heavy atom. The second-order valence-electron chi connectivity index (χ2n) is 6.46. The highest BCUT2D eigenvalue weighted by molar-refractivity contribution is 5.15. The lowest BCUT2D eigenvalue weighted by atomic mass is 10.0. The highest BCUT2D eigenvalue weighted by Crippen LogP contribution is 2.07. The van der Waals surface area contributed by atoms with Crippen LogP contribution in [0.5, 0.6) is 0 Å². The third-order valence-corrected chi connectivity index (χ3v) is 3.08. The molecule has 0 bridgehead atoms. The first-order valence-corrected chi connectivity index (χ1v) is 7.49. The number of hydrogen-bond donors (Lipinski definition) is 1. The first-order chi connectivity index (χ1) is 8.97. The number of nitrogens with two attached hydrogens (primary N) is 1. The molecule has 2 nitrogen and oxygen atoms in total. The molecular formula is C17H30N2. The fourth-order valence-corrected chi connectivity index (χ4v) is 2.57. The second kappa shape index (κ2) is 8.34. The Morgan fingerprint density at radius 3 is 1.89 bits per heavy atom. The van der Waals surface area contributed by atoms with Gasteiger partial charge in [-0.05, 0) is 23.8 Å². The molecule has 1 rings (SSSR count). The lowest BCUT2D eigenvalue weighted by Crippen LogP contribution is -2.42. The molecule has 1 unspecified atom stereocenters. The van der Waals surface area contributed by atoms with Crippen LogP contribution in [0.2, 0.25) is 0 Å². The Balaban J connectivity index is 2.48. The van der Waals surface area contributed by atoms with Crippen LogP contribution in [0.15, 0.2) is 30.3 Å². The molecule has 2 heteroatoms. The molecule has 0 aliphatic carbocycles. The first kappa shape index (κ1) is 16.2. The van der Waals surface area contributed by atoms with E-state index in [2.05, 4.69) is 62.9 Å². The summed E-state index contributed by atoms with van der Waals surface area (Å²) in [6.45, 7) is 12.4. The summed E-state index contributed by atoms with van der Waals surface area (Å²) in [4.78, 5) is 2.52. The average molecular weight is 262 g/mol. The fraction of sp³-hybridized carbons (Fsp3) is 0.647. The number of nitrogens with zero attached hydrogens (tertiary/aromatic N) is 1. The van der Waals surface area contributed by atoms with Crippen molar-refractivity contribution in [1.82, 2.24) is 4.90 Å². The molecule has 0 saturated carbocycles. The highest BCUT2D eigenvalue weighted by atomic mass is 15.1. The maximum absolute atomic E-state index is 6.32. The molecule has 19 heavy (non-hydrogen) atoms. The molecule has 1 aromatic carbocycles. The molecule has 0 amide bonds. The quantitative estimate of drug-likeness (QED) is 0.779. The van der Waals surface area contributed by atoms with Gasteiger partial charge in [0.2, 0.25) is 0 Å². The summed E-state index contributed by atoms with van der Waals surface area (Å²) in [5, 5.41) is 0. The lowest BCUT2D eigenvalue weighted by molar-refractivity contribution is 0.207. The minimum absolute atomic E-state index is 0.222. The Kier molecular flexibility index (Phi) is 7.11. The third kappa shape index (κ3) is 7.34. The maximum atomic E-state index is 6.32. The molecule has 0 aromatic heterocycles. The summed E-state index contributed by atoms with van der Waals surface area (Å²) in [5.41, 5.74) is 7.65. The van der Waals surface area contributed by atoms with Crippen molar-refractivity contribution in [3.05, 3.63) is 35.9 Å². The summed E-state index contributed by atoms with van der Waals surface area (Å²) in [6.07, 6.45) is 0.966. The molecule has 108 valence electrons. The monoisotopic (exact) mass is 262 g/mol. The van der Waals surface area contributed by atoms with Crippen LogP contribution in [-0.2, 0) is 6.42 Å². The first-order valence-electron chi connectivity index (χ1n) is 7.49. The van der Waals surface area contributed by atoms with Crippen molar-refractivity contribution >= 4 is 0 Å². The van der Waals surface area contributed by atoms with Crippen LogP contribution >= 0.6 is 0 Å². The zero-order chi connectivity index (χ0) is 14.3. The number of benzene rings is 1. The summed E-state index contributed by atoms with van der Waals surface area (Å²) >= 11 is 0. The van der Waals surface area contributed by atoms with Crippen molar-refractivity contribution in [3.63, 3.8) is 0 Å². The zero-order valence-corrected chi connectivity index (χ0v) is 13.0. The summed E-state index contributed by atoms with van der Waals surface area (Å²) in [6, 6.07) is 10.8. The Bertz CT molecular complexity index is 322. The van der Waals surface area contributed by atoms with E-state index in [1.165, 1.54) is 5.56 Å². The maximum Gasteiger partial charge on any atom is 0.0208 e. The Morgan fingerprint density at radius 2 is 1.42 bits per heavy atom. The molecule has 0 saturated heterocycles. The van der Waals surface area contributed by atoms with Crippen LogP contribution in [0.25, 0.3) is 0 Å². The molecule has 0 spiro atoms. The van der Waals surface area contributed by atoms with Crippen LogP contribution in [-0.4, -0.2) is 30.6 Å². The van der Waals surface area contributed by atoms with Crippen LogP contribution in [0.4, 0.5) is 0 Å². The topological polar surface area (TPSA) is 29.3 Å². The van der Waals surface area contributed by atoms with Crippen molar-refractivity contribution in [2.24, 2.45) is 17.6 Å². The third-order valence-electron chi connectivity index (χ3n) is 3.08. The van der Waals surface area contributed by atoms with E-state index in [1.54, 1.807) is 0 Å². The van der Waals surface area contributed by atoms with E-state index in [0.29, 0.717) is 11.8 Å².